The Bertz CT molecular complexity index is 454. The average molecular weight is 267 g/mol. The average Bonchev–Trinajstić information content (AvgIpc) is 2.96. The van der Waals surface area contributed by atoms with Crippen LogP contribution < -0.4 is 0 Å². The van der Waals surface area contributed by atoms with Crippen LogP contribution in [0.3, 0.4) is 0 Å². The molecule has 0 amide bonds. The molecule has 5 nitrogen and oxygen atoms in total. The van der Waals surface area contributed by atoms with Crippen molar-refractivity contribution in [2.24, 2.45) is 11.8 Å². The van der Waals surface area contributed by atoms with E-state index in [1.54, 1.807) is 4.68 Å². The third-order valence-corrected chi connectivity index (χ3v) is 4.98. The van der Waals surface area contributed by atoms with Crippen LogP contribution in [-0.4, -0.2) is 37.3 Å². The minimum atomic E-state index is -0.718. The van der Waals surface area contributed by atoms with Crippen molar-refractivity contribution >= 4 is 17.7 Å². The highest BCUT2D eigenvalue weighted by atomic mass is 32.2. The number of hydrogen-bond acceptors (Lipinski definition) is 4. The van der Waals surface area contributed by atoms with Crippen LogP contribution in [0.1, 0.15) is 24.5 Å². The fraction of sp³-hybridized carbons (Fsp3) is 0.750. The van der Waals surface area contributed by atoms with Crippen molar-refractivity contribution in [2.75, 3.05) is 11.5 Å². The molecule has 2 aliphatic rings. The van der Waals surface area contributed by atoms with Gasteiger partial charge in [0.25, 0.3) is 0 Å². The highest BCUT2D eigenvalue weighted by Crippen LogP contribution is 2.26. The summed E-state index contributed by atoms with van der Waals surface area (Å²) in [6.45, 7) is 0.483. The first-order valence-corrected chi connectivity index (χ1v) is 7.61. The number of rotatable bonds is 3. The van der Waals surface area contributed by atoms with E-state index in [1.807, 2.05) is 11.8 Å². The lowest BCUT2D eigenvalue weighted by Crippen LogP contribution is -2.27. The zero-order valence-corrected chi connectivity index (χ0v) is 11.0. The Labute approximate surface area is 110 Å². The van der Waals surface area contributed by atoms with Gasteiger partial charge in [-0.1, -0.05) is 0 Å². The highest BCUT2D eigenvalue weighted by Gasteiger charge is 2.27. The Morgan fingerprint density at radius 3 is 3.11 bits per heavy atom. The maximum Gasteiger partial charge on any atom is 0.308 e. The Morgan fingerprint density at radius 1 is 1.50 bits per heavy atom. The van der Waals surface area contributed by atoms with Crippen LogP contribution in [0, 0.1) is 11.8 Å². The van der Waals surface area contributed by atoms with Gasteiger partial charge in [-0.2, -0.15) is 16.9 Å². The molecular weight excluding hydrogens is 250 g/mol. The third kappa shape index (κ3) is 2.39. The lowest BCUT2D eigenvalue weighted by Gasteiger charge is -2.18. The van der Waals surface area contributed by atoms with Gasteiger partial charge in [0.15, 0.2) is 5.82 Å². The SMILES string of the molecule is O=C(O)C1CCc2nc(CC3CCSC3)nn2C1. The summed E-state index contributed by atoms with van der Waals surface area (Å²) in [5.74, 6) is 4.02. The van der Waals surface area contributed by atoms with Crippen LogP contribution in [0.15, 0.2) is 0 Å². The molecule has 1 saturated heterocycles. The molecule has 0 saturated carbocycles. The first-order chi connectivity index (χ1) is 8.72. The normalized spacial score (nSPS) is 27.1. The predicted octanol–water partition coefficient (Wildman–Crippen LogP) is 1.22. The minimum absolute atomic E-state index is 0.297. The van der Waals surface area contributed by atoms with Gasteiger partial charge in [-0.25, -0.2) is 9.67 Å². The van der Waals surface area contributed by atoms with Crippen molar-refractivity contribution in [1.82, 2.24) is 14.8 Å². The fourth-order valence-corrected chi connectivity index (χ4v) is 3.94. The Hall–Kier alpha value is -1.04. The van der Waals surface area contributed by atoms with E-state index in [1.165, 1.54) is 17.9 Å². The molecule has 6 heteroatoms. The number of aliphatic carboxylic acids is 1. The molecule has 0 aliphatic carbocycles. The summed E-state index contributed by atoms with van der Waals surface area (Å²) >= 11 is 2.00. The van der Waals surface area contributed by atoms with Crippen molar-refractivity contribution in [3.05, 3.63) is 11.6 Å². The summed E-state index contributed by atoms with van der Waals surface area (Å²) in [5, 5.41) is 13.5. The van der Waals surface area contributed by atoms with E-state index >= 15 is 0 Å². The quantitative estimate of drug-likeness (QED) is 0.892. The fourth-order valence-electron chi connectivity index (χ4n) is 2.65. The zero-order valence-electron chi connectivity index (χ0n) is 10.2. The molecule has 0 spiro atoms. The van der Waals surface area contributed by atoms with Crippen molar-refractivity contribution in [3.8, 4) is 0 Å². The molecule has 1 aromatic heterocycles. The summed E-state index contributed by atoms with van der Waals surface area (Å²) < 4.78 is 1.81. The summed E-state index contributed by atoms with van der Waals surface area (Å²) in [7, 11) is 0. The molecule has 0 radical (unpaired) electrons. The number of nitrogens with zero attached hydrogens (tertiary/aromatic N) is 3. The summed E-state index contributed by atoms with van der Waals surface area (Å²) in [5.41, 5.74) is 0. The van der Waals surface area contributed by atoms with Crippen LogP contribution in [0.4, 0.5) is 0 Å². The van der Waals surface area contributed by atoms with Crippen LogP contribution in [0.25, 0.3) is 0 Å². The molecule has 3 rings (SSSR count). The molecular formula is C12H17N3O2S. The van der Waals surface area contributed by atoms with Gasteiger partial charge in [-0.15, -0.1) is 0 Å². The molecule has 1 N–H and O–H groups in total. The van der Waals surface area contributed by atoms with E-state index in [4.69, 9.17) is 5.11 Å². The van der Waals surface area contributed by atoms with E-state index in [0.717, 1.165) is 24.5 Å². The second kappa shape index (κ2) is 4.91. The van der Waals surface area contributed by atoms with E-state index in [2.05, 4.69) is 10.1 Å². The number of carbonyl (C=O) groups is 1. The lowest BCUT2D eigenvalue weighted by molar-refractivity contribution is -0.142. The van der Waals surface area contributed by atoms with Crippen molar-refractivity contribution in [1.29, 1.82) is 0 Å². The van der Waals surface area contributed by atoms with Crippen molar-refractivity contribution < 1.29 is 9.90 Å². The summed E-state index contributed by atoms with van der Waals surface area (Å²) in [6.07, 6.45) is 3.63. The number of thioether (sulfide) groups is 1. The Kier molecular flexibility index (Phi) is 3.28. The van der Waals surface area contributed by atoms with Crippen LogP contribution in [0.5, 0.6) is 0 Å². The van der Waals surface area contributed by atoms with Gasteiger partial charge >= 0.3 is 5.97 Å². The first kappa shape index (κ1) is 12.0. The van der Waals surface area contributed by atoms with Gasteiger partial charge in [0.1, 0.15) is 5.82 Å². The Morgan fingerprint density at radius 2 is 2.39 bits per heavy atom. The lowest BCUT2D eigenvalue weighted by atomic mass is 10.0. The molecule has 98 valence electrons. The maximum absolute atomic E-state index is 11.0. The monoisotopic (exact) mass is 267 g/mol. The highest BCUT2D eigenvalue weighted by molar-refractivity contribution is 7.99. The van der Waals surface area contributed by atoms with E-state index in [0.29, 0.717) is 18.9 Å². The largest absolute Gasteiger partial charge is 0.481 e. The van der Waals surface area contributed by atoms with Crippen molar-refractivity contribution in [3.63, 3.8) is 0 Å². The minimum Gasteiger partial charge on any atom is -0.481 e. The molecule has 1 fully saturated rings. The van der Waals surface area contributed by atoms with Crippen LogP contribution in [-0.2, 0) is 24.2 Å². The first-order valence-electron chi connectivity index (χ1n) is 6.45. The van der Waals surface area contributed by atoms with Crippen molar-refractivity contribution in [2.45, 2.75) is 32.2 Å². The molecule has 2 aliphatic heterocycles. The topological polar surface area (TPSA) is 68.0 Å². The van der Waals surface area contributed by atoms with E-state index < -0.39 is 5.97 Å². The standard InChI is InChI=1S/C12H17N3O2S/c16-12(17)9-1-2-11-13-10(14-15(11)6-9)5-8-3-4-18-7-8/h8-9H,1-7H2,(H,16,17). The number of aryl methyl sites for hydroxylation is 1. The Balaban J connectivity index is 1.70. The number of fused-ring (bicyclic) bond motifs is 1. The number of aromatic nitrogens is 3. The summed E-state index contributed by atoms with van der Waals surface area (Å²) in [4.78, 5) is 15.5. The second-order valence-electron chi connectivity index (χ2n) is 5.13. The predicted molar refractivity (Wildman–Crippen MR) is 68.6 cm³/mol. The molecule has 18 heavy (non-hydrogen) atoms. The molecule has 3 heterocycles. The zero-order chi connectivity index (χ0) is 12.5. The van der Waals surface area contributed by atoms with Gasteiger partial charge in [-0.05, 0) is 30.3 Å². The van der Waals surface area contributed by atoms with Gasteiger partial charge in [0, 0.05) is 12.8 Å². The molecule has 0 bridgehead atoms. The molecule has 2 atom stereocenters. The molecule has 2 unspecified atom stereocenters. The van der Waals surface area contributed by atoms with Gasteiger partial charge < -0.3 is 5.11 Å². The second-order valence-corrected chi connectivity index (χ2v) is 6.28. The number of hydrogen-bond donors (Lipinski definition) is 1. The van der Waals surface area contributed by atoms with Gasteiger partial charge in [0.2, 0.25) is 0 Å². The van der Waals surface area contributed by atoms with Crippen LogP contribution >= 0.6 is 11.8 Å². The van der Waals surface area contributed by atoms with Crippen LogP contribution in [0.2, 0.25) is 0 Å². The maximum atomic E-state index is 11.0. The van der Waals surface area contributed by atoms with Gasteiger partial charge in [-0.3, -0.25) is 4.79 Å². The number of carboxylic acids is 1. The van der Waals surface area contributed by atoms with Gasteiger partial charge in [0.05, 0.1) is 12.5 Å². The van der Waals surface area contributed by atoms with E-state index in [9.17, 15) is 4.79 Å². The van der Waals surface area contributed by atoms with E-state index in [-0.39, 0.29) is 5.92 Å². The smallest absolute Gasteiger partial charge is 0.308 e. The third-order valence-electron chi connectivity index (χ3n) is 3.75. The molecule has 0 aromatic carbocycles. The number of carboxylic acid groups (broad SMARTS) is 1. The molecule has 1 aromatic rings. The summed E-state index contributed by atoms with van der Waals surface area (Å²) in [6, 6.07) is 0.